The molecule has 0 amide bonds. The summed E-state index contributed by atoms with van der Waals surface area (Å²) >= 11 is 15.8. The van der Waals surface area contributed by atoms with Crippen LogP contribution in [0.25, 0.3) is 0 Å². The summed E-state index contributed by atoms with van der Waals surface area (Å²) in [6, 6.07) is 10.3. The number of halogens is 3. The lowest BCUT2D eigenvalue weighted by molar-refractivity contribution is -0.140. The van der Waals surface area contributed by atoms with E-state index in [-0.39, 0.29) is 12.5 Å². The molecule has 1 atom stereocenters. The summed E-state index contributed by atoms with van der Waals surface area (Å²) in [7, 11) is 0. The molecule has 0 heterocycles. The lowest BCUT2D eigenvalue weighted by Crippen LogP contribution is -2.37. The third kappa shape index (κ3) is 6.68. The molecule has 0 radical (unpaired) electrons. The van der Waals surface area contributed by atoms with Gasteiger partial charge in [-0.3, -0.25) is 4.79 Å². The normalized spacial score (nSPS) is 12.2. The highest BCUT2D eigenvalue weighted by atomic mass is 79.9. The van der Waals surface area contributed by atoms with Gasteiger partial charge in [-0.25, -0.2) is 0 Å². The van der Waals surface area contributed by atoms with Gasteiger partial charge in [0.2, 0.25) is 0 Å². The van der Waals surface area contributed by atoms with E-state index in [0.29, 0.717) is 34.3 Å². The molecule has 0 aliphatic carbocycles. The Morgan fingerprint density at radius 1 is 1.22 bits per heavy atom. The predicted molar refractivity (Wildman–Crippen MR) is 113 cm³/mol. The SMILES string of the molecule is CC(C)CC(NCc1cc(Br)ccc1OCc1c(Cl)cccc1Cl)C(=O)O. The first kappa shape index (κ1) is 22.0. The average Bonchev–Trinajstić information content (AvgIpc) is 2.59. The highest BCUT2D eigenvalue weighted by Gasteiger charge is 2.19. The number of ether oxygens (including phenoxy) is 1. The molecule has 0 saturated heterocycles. The Bertz CT molecular complexity index is 779. The standard InChI is InChI=1S/C20H22BrCl2NO3/c1-12(2)8-18(20(25)26)24-10-13-9-14(21)6-7-19(13)27-11-15-16(22)4-3-5-17(15)23/h3-7,9,12,18,24H,8,10-11H2,1-2H3,(H,25,26). The lowest BCUT2D eigenvalue weighted by Gasteiger charge is -2.18. The van der Waals surface area contributed by atoms with Gasteiger partial charge in [-0.2, -0.15) is 0 Å². The fraction of sp³-hybridized carbons (Fsp3) is 0.350. The maximum atomic E-state index is 11.5. The molecule has 4 nitrogen and oxygen atoms in total. The summed E-state index contributed by atoms with van der Waals surface area (Å²) in [5, 5.41) is 13.6. The average molecular weight is 475 g/mol. The third-order valence-corrected chi connectivity index (χ3v) is 5.20. The third-order valence-electron chi connectivity index (χ3n) is 4.00. The molecule has 7 heteroatoms. The van der Waals surface area contributed by atoms with E-state index in [9.17, 15) is 9.90 Å². The summed E-state index contributed by atoms with van der Waals surface area (Å²) in [6.45, 7) is 4.59. The molecule has 2 aromatic carbocycles. The van der Waals surface area contributed by atoms with E-state index in [0.717, 1.165) is 10.0 Å². The van der Waals surface area contributed by atoms with Gasteiger partial charge in [0.1, 0.15) is 18.4 Å². The molecule has 2 N–H and O–H groups in total. The second-order valence-corrected chi connectivity index (χ2v) is 8.37. The van der Waals surface area contributed by atoms with Crippen molar-refractivity contribution in [3.05, 3.63) is 62.0 Å². The number of hydrogen-bond donors (Lipinski definition) is 2. The highest BCUT2D eigenvalue weighted by Crippen LogP contribution is 2.28. The topological polar surface area (TPSA) is 58.6 Å². The van der Waals surface area contributed by atoms with Crippen LogP contribution in [-0.4, -0.2) is 17.1 Å². The Morgan fingerprint density at radius 3 is 2.48 bits per heavy atom. The Morgan fingerprint density at radius 2 is 1.89 bits per heavy atom. The van der Waals surface area contributed by atoms with Crippen LogP contribution in [-0.2, 0) is 17.9 Å². The monoisotopic (exact) mass is 473 g/mol. The van der Waals surface area contributed by atoms with E-state index < -0.39 is 12.0 Å². The van der Waals surface area contributed by atoms with Gasteiger partial charge in [-0.05, 0) is 42.7 Å². The van der Waals surface area contributed by atoms with E-state index in [2.05, 4.69) is 21.2 Å². The van der Waals surface area contributed by atoms with E-state index >= 15 is 0 Å². The van der Waals surface area contributed by atoms with Crippen LogP contribution in [0.2, 0.25) is 10.0 Å². The largest absolute Gasteiger partial charge is 0.488 e. The van der Waals surface area contributed by atoms with Crippen molar-refractivity contribution >= 4 is 45.1 Å². The van der Waals surface area contributed by atoms with Crippen LogP contribution in [0.4, 0.5) is 0 Å². The molecule has 27 heavy (non-hydrogen) atoms. The van der Waals surface area contributed by atoms with Gasteiger partial charge in [-0.15, -0.1) is 0 Å². The summed E-state index contributed by atoms with van der Waals surface area (Å²) in [5.74, 6) is 0.0681. The van der Waals surface area contributed by atoms with Crippen LogP contribution in [0, 0.1) is 5.92 Å². The minimum Gasteiger partial charge on any atom is -0.488 e. The first-order valence-corrected chi connectivity index (χ1v) is 10.1. The van der Waals surface area contributed by atoms with Crippen LogP contribution in [0.1, 0.15) is 31.4 Å². The summed E-state index contributed by atoms with van der Waals surface area (Å²) in [6.07, 6.45) is 0.550. The van der Waals surface area contributed by atoms with E-state index in [1.807, 2.05) is 32.0 Å². The lowest BCUT2D eigenvalue weighted by atomic mass is 10.0. The first-order chi connectivity index (χ1) is 12.8. The van der Waals surface area contributed by atoms with Crippen molar-refractivity contribution in [3.8, 4) is 5.75 Å². The molecule has 0 aliphatic rings. The molecule has 0 saturated carbocycles. The van der Waals surface area contributed by atoms with Gasteiger partial charge < -0.3 is 15.2 Å². The van der Waals surface area contributed by atoms with Gasteiger partial charge in [0.25, 0.3) is 0 Å². The molecule has 0 spiro atoms. The van der Waals surface area contributed by atoms with Crippen molar-refractivity contribution in [1.29, 1.82) is 0 Å². The Hall–Kier alpha value is -1.27. The Kier molecular flexibility index (Phi) is 8.42. The molecule has 2 rings (SSSR count). The van der Waals surface area contributed by atoms with Gasteiger partial charge in [0.05, 0.1) is 0 Å². The maximum Gasteiger partial charge on any atom is 0.320 e. The molecular weight excluding hydrogens is 453 g/mol. The summed E-state index contributed by atoms with van der Waals surface area (Å²) in [4.78, 5) is 11.5. The van der Waals surface area contributed by atoms with Crippen LogP contribution in [0.15, 0.2) is 40.9 Å². The Labute approximate surface area is 178 Å². The zero-order valence-corrected chi connectivity index (χ0v) is 18.2. The number of aliphatic carboxylic acids is 1. The minimum atomic E-state index is -0.857. The van der Waals surface area contributed by atoms with Crippen LogP contribution < -0.4 is 10.1 Å². The molecular formula is C20H22BrCl2NO3. The number of carboxylic acid groups (broad SMARTS) is 1. The van der Waals surface area contributed by atoms with Crippen molar-refractivity contribution < 1.29 is 14.6 Å². The van der Waals surface area contributed by atoms with Crippen LogP contribution in [0.5, 0.6) is 5.75 Å². The van der Waals surface area contributed by atoms with Crippen molar-refractivity contribution in [2.45, 2.75) is 39.5 Å². The van der Waals surface area contributed by atoms with Gasteiger partial charge in [0.15, 0.2) is 0 Å². The summed E-state index contributed by atoms with van der Waals surface area (Å²) in [5.41, 5.74) is 1.56. The van der Waals surface area contributed by atoms with Crippen molar-refractivity contribution in [3.63, 3.8) is 0 Å². The highest BCUT2D eigenvalue weighted by molar-refractivity contribution is 9.10. The second-order valence-electron chi connectivity index (χ2n) is 6.64. The Balaban J connectivity index is 2.13. The molecule has 146 valence electrons. The minimum absolute atomic E-state index is 0.224. The molecule has 0 fully saturated rings. The maximum absolute atomic E-state index is 11.5. The predicted octanol–water partition coefficient (Wildman–Crippen LogP) is 5.92. The number of rotatable bonds is 9. The molecule has 0 aromatic heterocycles. The van der Waals surface area contributed by atoms with Crippen LogP contribution >= 0.6 is 39.1 Å². The number of hydrogen-bond acceptors (Lipinski definition) is 3. The molecule has 2 aromatic rings. The number of benzene rings is 2. The van der Waals surface area contributed by atoms with Crippen molar-refractivity contribution in [2.75, 3.05) is 0 Å². The number of carboxylic acids is 1. The molecule has 1 unspecified atom stereocenters. The molecule has 0 bridgehead atoms. The first-order valence-electron chi connectivity index (χ1n) is 8.58. The molecule has 0 aliphatic heterocycles. The van der Waals surface area contributed by atoms with Gasteiger partial charge in [0, 0.05) is 32.2 Å². The van der Waals surface area contributed by atoms with E-state index in [4.69, 9.17) is 27.9 Å². The summed E-state index contributed by atoms with van der Waals surface area (Å²) < 4.78 is 6.82. The zero-order chi connectivity index (χ0) is 20.0. The quantitative estimate of drug-likeness (QED) is 0.473. The van der Waals surface area contributed by atoms with Crippen molar-refractivity contribution in [2.24, 2.45) is 5.92 Å². The van der Waals surface area contributed by atoms with E-state index in [1.165, 1.54) is 0 Å². The number of carbonyl (C=O) groups is 1. The zero-order valence-electron chi connectivity index (χ0n) is 15.1. The van der Waals surface area contributed by atoms with Crippen LogP contribution in [0.3, 0.4) is 0 Å². The second kappa shape index (κ2) is 10.3. The fourth-order valence-corrected chi connectivity index (χ4v) is 3.54. The van der Waals surface area contributed by atoms with Gasteiger partial charge >= 0.3 is 5.97 Å². The van der Waals surface area contributed by atoms with Gasteiger partial charge in [-0.1, -0.05) is 59.0 Å². The van der Waals surface area contributed by atoms with E-state index in [1.54, 1.807) is 18.2 Å². The van der Waals surface area contributed by atoms with Crippen molar-refractivity contribution in [1.82, 2.24) is 5.32 Å². The fourth-order valence-electron chi connectivity index (χ4n) is 2.62. The number of nitrogens with one attached hydrogen (secondary N) is 1. The smallest absolute Gasteiger partial charge is 0.320 e.